The Labute approximate surface area is 120 Å². The van der Waals surface area contributed by atoms with Crippen molar-refractivity contribution in [1.29, 1.82) is 0 Å². The molecule has 0 aliphatic carbocycles. The first-order valence-electron chi connectivity index (χ1n) is 6.35. The van der Waals surface area contributed by atoms with Gasteiger partial charge in [-0.05, 0) is 48.7 Å². The van der Waals surface area contributed by atoms with Gasteiger partial charge in [0.05, 0.1) is 11.6 Å². The van der Waals surface area contributed by atoms with Gasteiger partial charge in [0.1, 0.15) is 0 Å². The van der Waals surface area contributed by atoms with Crippen molar-refractivity contribution in [1.82, 2.24) is 0 Å². The quantitative estimate of drug-likeness (QED) is 0.874. The van der Waals surface area contributed by atoms with Crippen molar-refractivity contribution < 1.29 is 13.2 Å². The van der Waals surface area contributed by atoms with Crippen LogP contribution in [0.15, 0.2) is 30.3 Å². The Kier molecular flexibility index (Phi) is 4.20. The molecule has 0 spiro atoms. The smallest absolute Gasteiger partial charge is 0.320 e. The summed E-state index contributed by atoms with van der Waals surface area (Å²) in [5.41, 5.74) is 6.85. The fraction of sp³-hybridized carbons (Fsp3) is 0.333. The highest BCUT2D eigenvalue weighted by molar-refractivity contribution is 7.12. The maximum absolute atomic E-state index is 12.6. The maximum Gasteiger partial charge on any atom is 0.416 e. The molecule has 1 nitrogen and oxygen atoms in total. The summed E-state index contributed by atoms with van der Waals surface area (Å²) in [6, 6.07) is 7.32. The number of thiophene rings is 1. The molecule has 108 valence electrons. The summed E-state index contributed by atoms with van der Waals surface area (Å²) < 4.78 is 37.9. The van der Waals surface area contributed by atoms with Crippen molar-refractivity contribution in [3.8, 4) is 0 Å². The van der Waals surface area contributed by atoms with Crippen LogP contribution < -0.4 is 5.73 Å². The number of nitrogens with two attached hydrogens (primary N) is 1. The van der Waals surface area contributed by atoms with Gasteiger partial charge in [-0.25, -0.2) is 0 Å². The third-order valence-electron chi connectivity index (χ3n) is 3.27. The van der Waals surface area contributed by atoms with Crippen molar-refractivity contribution >= 4 is 11.3 Å². The van der Waals surface area contributed by atoms with Crippen LogP contribution in [0.25, 0.3) is 0 Å². The SMILES string of the molecule is CCc1ccc(C(N)c2ccc(C(F)(F)F)cc2C)s1. The number of aryl methyl sites for hydroxylation is 2. The zero-order valence-corrected chi connectivity index (χ0v) is 12.1. The minimum Gasteiger partial charge on any atom is -0.320 e. The Morgan fingerprint density at radius 2 is 1.90 bits per heavy atom. The molecule has 2 rings (SSSR count). The minimum absolute atomic E-state index is 0.373. The number of alkyl halides is 3. The van der Waals surface area contributed by atoms with E-state index in [0.717, 1.165) is 29.0 Å². The topological polar surface area (TPSA) is 26.0 Å². The molecule has 0 amide bonds. The number of halogens is 3. The second kappa shape index (κ2) is 5.58. The molecular weight excluding hydrogens is 283 g/mol. The standard InChI is InChI=1S/C15H16F3NS/c1-3-11-5-7-13(20-11)14(19)12-6-4-10(8-9(12)2)15(16,17)18/h4-8,14H,3,19H2,1-2H3. The molecule has 1 unspecified atom stereocenters. The first-order valence-corrected chi connectivity index (χ1v) is 7.16. The average molecular weight is 299 g/mol. The Morgan fingerprint density at radius 3 is 2.40 bits per heavy atom. The summed E-state index contributed by atoms with van der Waals surface area (Å²) in [6.45, 7) is 3.73. The average Bonchev–Trinajstić information content (AvgIpc) is 2.85. The van der Waals surface area contributed by atoms with Crippen LogP contribution in [0.2, 0.25) is 0 Å². The van der Waals surface area contributed by atoms with E-state index < -0.39 is 11.7 Å². The van der Waals surface area contributed by atoms with Crippen molar-refractivity contribution in [2.24, 2.45) is 5.73 Å². The second-order valence-corrected chi connectivity index (χ2v) is 5.90. The summed E-state index contributed by atoms with van der Waals surface area (Å²) in [7, 11) is 0. The molecule has 1 aromatic carbocycles. The van der Waals surface area contributed by atoms with Crippen molar-refractivity contribution in [3.05, 3.63) is 56.8 Å². The zero-order chi connectivity index (χ0) is 14.9. The first-order chi connectivity index (χ1) is 9.32. The third-order valence-corrected chi connectivity index (χ3v) is 4.58. The van der Waals surface area contributed by atoms with Crippen LogP contribution in [0.5, 0.6) is 0 Å². The Hall–Kier alpha value is -1.33. The van der Waals surface area contributed by atoms with Gasteiger partial charge in [0.2, 0.25) is 0 Å². The molecule has 0 aliphatic rings. The van der Waals surface area contributed by atoms with E-state index in [2.05, 4.69) is 6.92 Å². The van der Waals surface area contributed by atoms with Gasteiger partial charge in [-0.1, -0.05) is 13.0 Å². The summed E-state index contributed by atoms with van der Waals surface area (Å²) in [5.74, 6) is 0. The van der Waals surface area contributed by atoms with Crippen LogP contribution in [0, 0.1) is 6.92 Å². The Bertz CT molecular complexity index is 601. The van der Waals surface area contributed by atoms with Gasteiger partial charge >= 0.3 is 6.18 Å². The molecular formula is C15H16F3NS. The number of benzene rings is 1. The van der Waals surface area contributed by atoms with Gasteiger partial charge in [0.15, 0.2) is 0 Å². The molecule has 0 saturated heterocycles. The summed E-state index contributed by atoms with van der Waals surface area (Å²) >= 11 is 1.61. The van der Waals surface area contributed by atoms with E-state index in [1.165, 1.54) is 10.9 Å². The lowest BCUT2D eigenvalue weighted by Crippen LogP contribution is -2.13. The van der Waals surface area contributed by atoms with Crippen LogP contribution in [-0.4, -0.2) is 0 Å². The van der Waals surface area contributed by atoms with Gasteiger partial charge in [0.25, 0.3) is 0 Å². The van der Waals surface area contributed by atoms with E-state index in [1.54, 1.807) is 18.3 Å². The van der Waals surface area contributed by atoms with Crippen LogP contribution in [-0.2, 0) is 12.6 Å². The van der Waals surface area contributed by atoms with E-state index in [9.17, 15) is 13.2 Å². The monoisotopic (exact) mass is 299 g/mol. The maximum atomic E-state index is 12.6. The highest BCUT2D eigenvalue weighted by Gasteiger charge is 2.31. The summed E-state index contributed by atoms with van der Waals surface area (Å²) in [6.07, 6.45) is -3.38. The highest BCUT2D eigenvalue weighted by Crippen LogP contribution is 2.33. The number of hydrogen-bond acceptors (Lipinski definition) is 2. The molecule has 2 aromatic rings. The summed E-state index contributed by atoms with van der Waals surface area (Å²) in [4.78, 5) is 2.20. The molecule has 5 heteroatoms. The lowest BCUT2D eigenvalue weighted by atomic mass is 9.98. The van der Waals surface area contributed by atoms with Crippen molar-refractivity contribution in [3.63, 3.8) is 0 Å². The lowest BCUT2D eigenvalue weighted by Gasteiger charge is -2.15. The van der Waals surface area contributed by atoms with Gasteiger partial charge in [0, 0.05) is 9.75 Å². The van der Waals surface area contributed by atoms with Crippen LogP contribution in [0.1, 0.15) is 39.4 Å². The highest BCUT2D eigenvalue weighted by atomic mass is 32.1. The Morgan fingerprint density at radius 1 is 1.20 bits per heavy atom. The Balaban J connectivity index is 2.33. The fourth-order valence-electron chi connectivity index (χ4n) is 2.11. The zero-order valence-electron chi connectivity index (χ0n) is 11.3. The lowest BCUT2D eigenvalue weighted by molar-refractivity contribution is -0.137. The third kappa shape index (κ3) is 3.04. The van der Waals surface area contributed by atoms with E-state index in [4.69, 9.17) is 5.73 Å². The predicted octanol–water partition coefficient (Wildman–Crippen LogP) is 4.69. The largest absolute Gasteiger partial charge is 0.416 e. The van der Waals surface area contributed by atoms with Crippen LogP contribution >= 0.6 is 11.3 Å². The fourth-order valence-corrected chi connectivity index (χ4v) is 3.08. The molecule has 0 fully saturated rings. The van der Waals surface area contributed by atoms with E-state index in [-0.39, 0.29) is 6.04 Å². The first kappa shape index (κ1) is 15.1. The van der Waals surface area contributed by atoms with E-state index >= 15 is 0 Å². The molecule has 0 radical (unpaired) electrons. The van der Waals surface area contributed by atoms with Crippen molar-refractivity contribution in [2.45, 2.75) is 32.5 Å². The van der Waals surface area contributed by atoms with Crippen LogP contribution in [0.4, 0.5) is 13.2 Å². The molecule has 1 aromatic heterocycles. The van der Waals surface area contributed by atoms with Crippen LogP contribution in [0.3, 0.4) is 0 Å². The van der Waals surface area contributed by atoms with Crippen molar-refractivity contribution in [2.75, 3.05) is 0 Å². The van der Waals surface area contributed by atoms with Gasteiger partial charge in [-0.15, -0.1) is 11.3 Å². The molecule has 0 aliphatic heterocycles. The molecule has 1 atom stereocenters. The second-order valence-electron chi connectivity index (χ2n) is 4.70. The van der Waals surface area contributed by atoms with E-state index in [0.29, 0.717) is 5.56 Å². The van der Waals surface area contributed by atoms with Gasteiger partial charge in [-0.2, -0.15) is 13.2 Å². The van der Waals surface area contributed by atoms with E-state index in [1.807, 2.05) is 12.1 Å². The van der Waals surface area contributed by atoms with Gasteiger partial charge < -0.3 is 5.73 Å². The predicted molar refractivity (Wildman–Crippen MR) is 75.9 cm³/mol. The molecule has 0 bridgehead atoms. The minimum atomic E-state index is -4.31. The number of rotatable bonds is 3. The molecule has 0 saturated carbocycles. The summed E-state index contributed by atoms with van der Waals surface area (Å²) in [5, 5.41) is 0. The molecule has 1 heterocycles. The molecule has 2 N–H and O–H groups in total. The van der Waals surface area contributed by atoms with Gasteiger partial charge in [-0.3, -0.25) is 0 Å². The normalized spacial score (nSPS) is 13.5. The molecule has 20 heavy (non-hydrogen) atoms. The number of hydrogen-bond donors (Lipinski definition) is 1.